The monoisotopic (exact) mass is 330 g/mol. The molecule has 0 radical (unpaired) electrons. The number of nitrogens with one attached hydrogen (secondary N) is 1. The van der Waals surface area contributed by atoms with Gasteiger partial charge < -0.3 is 10.2 Å². The number of hydrogen-bond acceptors (Lipinski definition) is 3. The van der Waals surface area contributed by atoms with Gasteiger partial charge in [-0.25, -0.2) is 0 Å². The van der Waals surface area contributed by atoms with Crippen molar-refractivity contribution in [3.05, 3.63) is 20.8 Å². The van der Waals surface area contributed by atoms with E-state index in [1.165, 1.54) is 48.1 Å². The lowest BCUT2D eigenvalue weighted by molar-refractivity contribution is 0.159. The second-order valence-corrected chi connectivity index (χ2v) is 7.46. The fourth-order valence-corrected chi connectivity index (χ4v) is 3.78. The van der Waals surface area contributed by atoms with Crippen molar-refractivity contribution in [2.75, 3.05) is 19.6 Å². The summed E-state index contributed by atoms with van der Waals surface area (Å²) in [5.41, 5.74) is 1.39. The smallest absolute Gasteiger partial charge is 0.0701 e. The fourth-order valence-electron chi connectivity index (χ4n) is 2.57. The Labute approximate surface area is 123 Å². The van der Waals surface area contributed by atoms with E-state index in [0.717, 1.165) is 19.1 Å². The summed E-state index contributed by atoms with van der Waals surface area (Å²) < 4.78 is 1.22. The first-order chi connectivity index (χ1) is 8.75. The van der Waals surface area contributed by atoms with E-state index in [0.29, 0.717) is 0 Å². The second-order valence-electron chi connectivity index (χ2n) is 5.17. The maximum absolute atomic E-state index is 3.53. The van der Waals surface area contributed by atoms with E-state index in [4.69, 9.17) is 0 Å². The Morgan fingerprint density at radius 2 is 2.39 bits per heavy atom. The van der Waals surface area contributed by atoms with Crippen LogP contribution in [0.2, 0.25) is 0 Å². The molecule has 1 atom stereocenters. The lowest BCUT2D eigenvalue weighted by atomic mass is 10.0. The first-order valence-electron chi connectivity index (χ1n) is 6.93. The van der Waals surface area contributed by atoms with Crippen LogP contribution in [0.15, 0.2) is 15.2 Å². The highest BCUT2D eigenvalue weighted by atomic mass is 79.9. The maximum atomic E-state index is 3.53. The van der Waals surface area contributed by atoms with E-state index in [9.17, 15) is 0 Å². The molecule has 102 valence electrons. The third-order valence-corrected chi connectivity index (χ3v) is 5.24. The van der Waals surface area contributed by atoms with Gasteiger partial charge in [-0.15, -0.1) is 11.3 Å². The minimum absolute atomic E-state index is 0.798. The molecule has 2 heterocycles. The van der Waals surface area contributed by atoms with E-state index in [-0.39, 0.29) is 0 Å². The Balaban J connectivity index is 1.55. The van der Waals surface area contributed by atoms with Crippen LogP contribution in [-0.4, -0.2) is 30.6 Å². The average molecular weight is 331 g/mol. The zero-order chi connectivity index (χ0) is 12.8. The fraction of sp³-hybridized carbons (Fsp3) is 0.714. The van der Waals surface area contributed by atoms with Gasteiger partial charge in [0.25, 0.3) is 0 Å². The summed E-state index contributed by atoms with van der Waals surface area (Å²) >= 11 is 5.26. The summed E-state index contributed by atoms with van der Waals surface area (Å²) in [7, 11) is 0. The molecule has 0 spiro atoms. The van der Waals surface area contributed by atoms with Gasteiger partial charge >= 0.3 is 0 Å². The maximum Gasteiger partial charge on any atom is 0.0701 e. The minimum Gasteiger partial charge on any atom is -0.313 e. The second kappa shape index (κ2) is 7.63. The van der Waals surface area contributed by atoms with Crippen molar-refractivity contribution in [1.82, 2.24) is 10.2 Å². The van der Waals surface area contributed by atoms with Gasteiger partial charge in [-0.05, 0) is 78.8 Å². The normalized spacial score (nSPS) is 21.3. The number of rotatable bonds is 6. The van der Waals surface area contributed by atoms with E-state index in [1.807, 2.05) is 0 Å². The minimum atomic E-state index is 0.798. The van der Waals surface area contributed by atoms with Gasteiger partial charge in [0.2, 0.25) is 0 Å². The number of likely N-dealkylation sites (tertiary alicyclic amines) is 1. The van der Waals surface area contributed by atoms with Crippen molar-refractivity contribution < 1.29 is 0 Å². The first-order valence-corrected chi connectivity index (χ1v) is 8.60. The predicted molar refractivity (Wildman–Crippen MR) is 83.2 cm³/mol. The van der Waals surface area contributed by atoms with Crippen LogP contribution in [0.5, 0.6) is 0 Å². The zero-order valence-electron chi connectivity index (χ0n) is 11.1. The number of halogens is 1. The number of thiophene rings is 1. The third-order valence-electron chi connectivity index (χ3n) is 3.69. The van der Waals surface area contributed by atoms with Crippen LogP contribution in [0.4, 0.5) is 0 Å². The zero-order valence-corrected chi connectivity index (χ0v) is 13.5. The lowest BCUT2D eigenvalue weighted by Gasteiger charge is -2.33. The summed E-state index contributed by atoms with van der Waals surface area (Å²) in [6.07, 6.45) is 5.45. The Morgan fingerprint density at radius 1 is 1.50 bits per heavy atom. The van der Waals surface area contributed by atoms with E-state index >= 15 is 0 Å². The first kappa shape index (κ1) is 14.5. The van der Waals surface area contributed by atoms with Gasteiger partial charge in [0.05, 0.1) is 3.79 Å². The van der Waals surface area contributed by atoms with Crippen molar-refractivity contribution in [3.63, 3.8) is 0 Å². The SMILES string of the molecule is CC1CCCCN1CCCNCc1csc(Br)c1. The molecule has 0 aromatic carbocycles. The van der Waals surface area contributed by atoms with Crippen molar-refractivity contribution in [1.29, 1.82) is 0 Å². The van der Waals surface area contributed by atoms with Crippen LogP contribution in [-0.2, 0) is 6.54 Å². The van der Waals surface area contributed by atoms with Gasteiger partial charge in [0.1, 0.15) is 0 Å². The highest BCUT2D eigenvalue weighted by Gasteiger charge is 2.16. The molecule has 1 aromatic rings. The highest BCUT2D eigenvalue weighted by Crippen LogP contribution is 2.20. The molecular weight excluding hydrogens is 308 g/mol. The summed E-state index contributed by atoms with van der Waals surface area (Å²) in [5.74, 6) is 0. The molecular formula is C14H23BrN2S. The van der Waals surface area contributed by atoms with Gasteiger partial charge in [0.15, 0.2) is 0 Å². The molecule has 1 aliphatic heterocycles. The quantitative estimate of drug-likeness (QED) is 0.796. The number of nitrogens with zero attached hydrogens (tertiary/aromatic N) is 1. The van der Waals surface area contributed by atoms with Gasteiger partial charge in [0, 0.05) is 12.6 Å². The van der Waals surface area contributed by atoms with Crippen LogP contribution < -0.4 is 5.32 Å². The van der Waals surface area contributed by atoms with E-state index in [2.05, 4.69) is 44.5 Å². The molecule has 1 aliphatic rings. The molecule has 4 heteroatoms. The topological polar surface area (TPSA) is 15.3 Å². The van der Waals surface area contributed by atoms with Crippen molar-refractivity contribution in [2.24, 2.45) is 0 Å². The highest BCUT2D eigenvalue weighted by molar-refractivity contribution is 9.11. The molecule has 18 heavy (non-hydrogen) atoms. The van der Waals surface area contributed by atoms with Gasteiger partial charge in [-0.1, -0.05) is 6.42 Å². The average Bonchev–Trinajstić information content (AvgIpc) is 2.77. The molecule has 1 saturated heterocycles. The third kappa shape index (κ3) is 4.65. The Kier molecular flexibility index (Phi) is 6.15. The predicted octanol–water partition coefficient (Wildman–Crippen LogP) is 3.86. The van der Waals surface area contributed by atoms with E-state index < -0.39 is 0 Å². The van der Waals surface area contributed by atoms with Gasteiger partial charge in [-0.2, -0.15) is 0 Å². The van der Waals surface area contributed by atoms with Crippen molar-refractivity contribution in [3.8, 4) is 0 Å². The standard InChI is InChI=1S/C14H23BrN2S/c1-12-5-2-3-7-17(12)8-4-6-16-10-13-9-14(15)18-11-13/h9,11-12,16H,2-8,10H2,1H3. The molecule has 1 fully saturated rings. The molecule has 1 aromatic heterocycles. The Morgan fingerprint density at radius 3 is 3.11 bits per heavy atom. The van der Waals surface area contributed by atoms with Crippen molar-refractivity contribution in [2.45, 2.75) is 45.2 Å². The Bertz CT molecular complexity index is 353. The largest absolute Gasteiger partial charge is 0.313 e. The van der Waals surface area contributed by atoms with Crippen LogP contribution in [0, 0.1) is 0 Å². The molecule has 0 amide bonds. The molecule has 0 aliphatic carbocycles. The van der Waals surface area contributed by atoms with Gasteiger partial charge in [-0.3, -0.25) is 0 Å². The van der Waals surface area contributed by atoms with Crippen molar-refractivity contribution >= 4 is 27.3 Å². The van der Waals surface area contributed by atoms with Crippen LogP contribution in [0.25, 0.3) is 0 Å². The number of piperidine rings is 1. The van der Waals surface area contributed by atoms with Crippen LogP contribution in [0.1, 0.15) is 38.2 Å². The Hall–Kier alpha value is 0.100. The molecule has 1 N–H and O–H groups in total. The van der Waals surface area contributed by atoms with Crippen LogP contribution >= 0.6 is 27.3 Å². The summed E-state index contributed by atoms with van der Waals surface area (Å²) in [6, 6.07) is 3.00. The number of hydrogen-bond donors (Lipinski definition) is 1. The lowest BCUT2D eigenvalue weighted by Crippen LogP contribution is -2.38. The molecule has 1 unspecified atom stereocenters. The molecule has 2 nitrogen and oxygen atoms in total. The summed E-state index contributed by atoms with van der Waals surface area (Å²) in [4.78, 5) is 2.65. The van der Waals surface area contributed by atoms with Crippen LogP contribution in [0.3, 0.4) is 0 Å². The molecule has 0 saturated carbocycles. The summed E-state index contributed by atoms with van der Waals surface area (Å²) in [5, 5.41) is 5.74. The summed E-state index contributed by atoms with van der Waals surface area (Å²) in [6.45, 7) is 7.05. The molecule has 2 rings (SSSR count). The molecule has 0 bridgehead atoms. The van der Waals surface area contributed by atoms with E-state index in [1.54, 1.807) is 11.3 Å².